The summed E-state index contributed by atoms with van der Waals surface area (Å²) >= 11 is 1.36. The van der Waals surface area contributed by atoms with Gasteiger partial charge in [0.25, 0.3) is 0 Å². The number of benzene rings is 1. The van der Waals surface area contributed by atoms with E-state index in [9.17, 15) is 13.6 Å². The summed E-state index contributed by atoms with van der Waals surface area (Å²) in [5.74, 6) is -0.799. The summed E-state index contributed by atoms with van der Waals surface area (Å²) in [5.41, 5.74) is 0.671. The van der Waals surface area contributed by atoms with Gasteiger partial charge < -0.3 is 10.6 Å². The molecule has 3 rings (SSSR count). The van der Waals surface area contributed by atoms with Crippen molar-refractivity contribution in [2.24, 2.45) is 11.8 Å². The number of amides is 1. The lowest BCUT2D eigenvalue weighted by molar-refractivity contribution is -0.117. The molecule has 1 atom stereocenters. The summed E-state index contributed by atoms with van der Waals surface area (Å²) in [7, 11) is 0. The molecule has 27 heavy (non-hydrogen) atoms. The van der Waals surface area contributed by atoms with Crippen LogP contribution >= 0.6 is 23.7 Å². The van der Waals surface area contributed by atoms with E-state index in [2.05, 4.69) is 22.5 Å². The summed E-state index contributed by atoms with van der Waals surface area (Å²) in [6, 6.07) is 3.86. The van der Waals surface area contributed by atoms with Crippen molar-refractivity contribution in [3.63, 3.8) is 0 Å². The third-order valence-corrected chi connectivity index (χ3v) is 5.77. The van der Waals surface area contributed by atoms with Crippen LogP contribution < -0.4 is 10.6 Å². The molecule has 8 heteroatoms. The molecule has 0 bridgehead atoms. The normalized spacial score (nSPS) is 15.8. The molecule has 0 radical (unpaired) electrons. The molecule has 1 unspecified atom stereocenters. The number of nitrogens with zero attached hydrogens (tertiary/aromatic N) is 1. The van der Waals surface area contributed by atoms with Gasteiger partial charge in [0.1, 0.15) is 0 Å². The molecule has 148 valence electrons. The van der Waals surface area contributed by atoms with Gasteiger partial charge in [0.05, 0.1) is 0 Å². The van der Waals surface area contributed by atoms with Crippen molar-refractivity contribution in [3.05, 3.63) is 46.5 Å². The Morgan fingerprint density at radius 1 is 1.33 bits per heavy atom. The van der Waals surface area contributed by atoms with Gasteiger partial charge in [0.2, 0.25) is 5.91 Å². The average Bonchev–Trinajstić information content (AvgIpc) is 3.05. The quantitative estimate of drug-likeness (QED) is 0.735. The maximum Gasteiger partial charge on any atom is 0.226 e. The Morgan fingerprint density at radius 2 is 2.07 bits per heavy atom. The molecular formula is C19H24ClF2N3OS. The molecule has 2 heterocycles. The first-order chi connectivity index (χ1) is 12.5. The minimum Gasteiger partial charge on any atom is -0.317 e. The van der Waals surface area contributed by atoms with Crippen LogP contribution in [-0.2, 0) is 11.2 Å². The number of piperidine rings is 1. The third kappa shape index (κ3) is 6.23. The number of hydrogen-bond donors (Lipinski definition) is 2. The topological polar surface area (TPSA) is 54.0 Å². The second-order valence-corrected chi connectivity index (χ2v) is 7.99. The van der Waals surface area contributed by atoms with Gasteiger partial charge >= 0.3 is 0 Å². The van der Waals surface area contributed by atoms with Crippen LogP contribution in [0.5, 0.6) is 0 Å². The third-order valence-electron chi connectivity index (χ3n) is 4.86. The van der Waals surface area contributed by atoms with Crippen molar-refractivity contribution in [1.29, 1.82) is 0 Å². The van der Waals surface area contributed by atoms with Crippen molar-refractivity contribution < 1.29 is 13.6 Å². The van der Waals surface area contributed by atoms with Crippen LogP contribution in [0.1, 0.15) is 36.6 Å². The van der Waals surface area contributed by atoms with E-state index < -0.39 is 11.6 Å². The van der Waals surface area contributed by atoms with Gasteiger partial charge in [-0.25, -0.2) is 13.8 Å². The molecule has 2 aromatic rings. The lowest BCUT2D eigenvalue weighted by Gasteiger charge is -2.27. The van der Waals surface area contributed by atoms with Crippen molar-refractivity contribution in [1.82, 2.24) is 10.3 Å². The number of anilines is 1. The van der Waals surface area contributed by atoms with Gasteiger partial charge in [0.15, 0.2) is 16.8 Å². The number of aromatic nitrogens is 1. The number of halogens is 3. The van der Waals surface area contributed by atoms with Crippen molar-refractivity contribution in [3.8, 4) is 0 Å². The van der Waals surface area contributed by atoms with E-state index in [1.165, 1.54) is 17.4 Å². The summed E-state index contributed by atoms with van der Waals surface area (Å²) in [4.78, 5) is 17.4. The van der Waals surface area contributed by atoms with Crippen LogP contribution in [0.4, 0.5) is 13.9 Å². The fourth-order valence-electron chi connectivity index (χ4n) is 3.34. The van der Waals surface area contributed by atoms with Crippen LogP contribution in [0.15, 0.2) is 24.4 Å². The number of carbonyl (C=O) groups excluding carboxylic acids is 1. The van der Waals surface area contributed by atoms with Crippen LogP contribution in [-0.4, -0.2) is 24.0 Å². The van der Waals surface area contributed by atoms with Gasteiger partial charge in [-0.1, -0.05) is 13.0 Å². The van der Waals surface area contributed by atoms with Crippen molar-refractivity contribution >= 4 is 34.8 Å². The molecule has 1 aliphatic rings. The fourth-order valence-corrected chi connectivity index (χ4v) is 4.20. The maximum absolute atomic E-state index is 13.3. The maximum atomic E-state index is 13.3. The number of carbonyl (C=O) groups is 1. The lowest BCUT2D eigenvalue weighted by atomic mass is 9.84. The fraction of sp³-hybridized carbons (Fsp3) is 0.474. The molecule has 1 saturated heterocycles. The highest BCUT2D eigenvalue weighted by atomic mass is 35.5. The van der Waals surface area contributed by atoms with Gasteiger partial charge in [-0.15, -0.1) is 23.7 Å². The molecule has 1 amide bonds. The van der Waals surface area contributed by atoms with E-state index in [4.69, 9.17) is 0 Å². The van der Waals surface area contributed by atoms with Gasteiger partial charge in [-0.3, -0.25) is 4.79 Å². The summed E-state index contributed by atoms with van der Waals surface area (Å²) < 4.78 is 26.3. The molecule has 0 aliphatic carbocycles. The Hall–Kier alpha value is -1.57. The van der Waals surface area contributed by atoms with E-state index in [0.29, 0.717) is 35.4 Å². The molecule has 1 aliphatic heterocycles. The van der Waals surface area contributed by atoms with Crippen molar-refractivity contribution in [2.45, 2.75) is 32.6 Å². The molecule has 0 spiro atoms. The number of hydrogen-bond acceptors (Lipinski definition) is 4. The van der Waals surface area contributed by atoms with Gasteiger partial charge in [-0.05, 0) is 55.5 Å². The van der Waals surface area contributed by atoms with Crippen LogP contribution in [0.25, 0.3) is 0 Å². The standard InChI is InChI=1S/C19H23F2N3OS.ClH/c1-12(14-4-6-22-7-5-14)8-18(25)24-19-23-11-15(26-19)9-13-2-3-16(20)17(21)10-13;/h2-3,10-12,14,22H,4-9H2,1H3,(H,23,24,25);1H. The Morgan fingerprint density at radius 3 is 2.78 bits per heavy atom. The SMILES string of the molecule is CC(CC(=O)Nc1ncc(Cc2ccc(F)c(F)c2)s1)C1CCNCC1.Cl. The molecule has 1 aromatic carbocycles. The summed E-state index contributed by atoms with van der Waals surface area (Å²) in [6.07, 6.45) is 4.84. The van der Waals surface area contributed by atoms with E-state index in [0.717, 1.165) is 36.9 Å². The van der Waals surface area contributed by atoms with E-state index >= 15 is 0 Å². The minimum absolute atomic E-state index is 0. The Balaban J connectivity index is 0.00000261. The zero-order valence-electron chi connectivity index (χ0n) is 15.1. The van der Waals surface area contributed by atoms with E-state index in [1.807, 2.05) is 0 Å². The molecule has 2 N–H and O–H groups in total. The minimum atomic E-state index is -0.854. The lowest BCUT2D eigenvalue weighted by Crippen LogP contribution is -2.32. The van der Waals surface area contributed by atoms with Crippen LogP contribution in [0.3, 0.4) is 0 Å². The predicted octanol–water partition coefficient (Wildman–Crippen LogP) is 4.40. The molecule has 0 saturated carbocycles. The van der Waals surface area contributed by atoms with Crippen LogP contribution in [0, 0.1) is 23.5 Å². The highest BCUT2D eigenvalue weighted by Crippen LogP contribution is 2.26. The Kier molecular flexibility index (Phi) is 8.13. The zero-order chi connectivity index (χ0) is 18.5. The summed E-state index contributed by atoms with van der Waals surface area (Å²) in [5, 5.41) is 6.74. The van der Waals surface area contributed by atoms with Crippen LogP contribution in [0.2, 0.25) is 0 Å². The molecule has 1 fully saturated rings. The highest BCUT2D eigenvalue weighted by Gasteiger charge is 2.22. The van der Waals surface area contributed by atoms with Crippen molar-refractivity contribution in [2.75, 3.05) is 18.4 Å². The average molecular weight is 416 g/mol. The number of thiazole rings is 1. The second kappa shape index (κ2) is 10.1. The zero-order valence-corrected chi connectivity index (χ0v) is 16.8. The Bertz CT molecular complexity index is 765. The first kappa shape index (κ1) is 21.7. The number of rotatable bonds is 6. The van der Waals surface area contributed by atoms with E-state index in [-0.39, 0.29) is 18.3 Å². The molecule has 1 aromatic heterocycles. The number of nitrogens with one attached hydrogen (secondary N) is 2. The van der Waals surface area contributed by atoms with Gasteiger partial charge in [0, 0.05) is 23.9 Å². The summed E-state index contributed by atoms with van der Waals surface area (Å²) in [6.45, 7) is 4.18. The monoisotopic (exact) mass is 415 g/mol. The smallest absolute Gasteiger partial charge is 0.226 e. The first-order valence-electron chi connectivity index (χ1n) is 8.90. The molecular weight excluding hydrogens is 392 g/mol. The second-order valence-electron chi connectivity index (χ2n) is 6.87. The predicted molar refractivity (Wildman–Crippen MR) is 107 cm³/mol. The molecule has 4 nitrogen and oxygen atoms in total. The largest absolute Gasteiger partial charge is 0.317 e. The van der Waals surface area contributed by atoms with Gasteiger partial charge in [-0.2, -0.15) is 0 Å². The highest BCUT2D eigenvalue weighted by molar-refractivity contribution is 7.15. The van der Waals surface area contributed by atoms with E-state index in [1.54, 1.807) is 12.3 Å². The Labute approximate surface area is 168 Å². The first-order valence-corrected chi connectivity index (χ1v) is 9.72.